The van der Waals surface area contributed by atoms with Gasteiger partial charge in [0.2, 0.25) is 5.91 Å². The van der Waals surface area contributed by atoms with Crippen molar-refractivity contribution in [3.8, 4) is 11.1 Å². The van der Waals surface area contributed by atoms with E-state index in [9.17, 15) is 9.18 Å². The number of rotatable bonds is 2. The van der Waals surface area contributed by atoms with Gasteiger partial charge in [-0.2, -0.15) is 0 Å². The molecular weight excluding hydrogens is 337 g/mol. The normalized spacial score (nSPS) is 16.9. The molecular formula is C24H28FNO. The number of benzene rings is 2. The molecule has 0 spiro atoms. The number of carbonyl (C=O) groups is 1. The highest BCUT2D eigenvalue weighted by Crippen LogP contribution is 2.34. The molecule has 0 radical (unpaired) electrons. The predicted octanol–water partition coefficient (Wildman–Crippen LogP) is 5.78. The first-order chi connectivity index (χ1) is 12.7. The van der Waals surface area contributed by atoms with Crippen molar-refractivity contribution in [2.75, 3.05) is 6.54 Å². The Morgan fingerprint density at radius 1 is 1.11 bits per heavy atom. The molecule has 0 bridgehead atoms. The van der Waals surface area contributed by atoms with E-state index in [1.807, 2.05) is 13.8 Å². The minimum atomic E-state index is -0.276. The zero-order valence-corrected chi connectivity index (χ0v) is 16.9. The van der Waals surface area contributed by atoms with Crippen LogP contribution in [0.5, 0.6) is 0 Å². The van der Waals surface area contributed by atoms with Gasteiger partial charge >= 0.3 is 0 Å². The lowest BCUT2D eigenvalue weighted by Crippen LogP contribution is -2.31. The molecule has 3 heteroatoms. The number of allylic oxidation sites excluding steroid dienone is 1. The maximum atomic E-state index is 14.5. The van der Waals surface area contributed by atoms with Crippen LogP contribution in [0.25, 0.3) is 16.7 Å². The molecule has 0 aromatic heterocycles. The molecule has 2 nitrogen and oxygen atoms in total. The van der Waals surface area contributed by atoms with Crippen molar-refractivity contribution in [1.29, 1.82) is 0 Å². The van der Waals surface area contributed by atoms with E-state index in [1.165, 1.54) is 5.56 Å². The largest absolute Gasteiger partial charge is 0.352 e. The number of hydrogen-bond acceptors (Lipinski definition) is 1. The number of hydrogen-bond donors (Lipinski definition) is 1. The molecule has 142 valence electrons. The minimum absolute atomic E-state index is 0.0292. The third kappa shape index (κ3) is 3.97. The van der Waals surface area contributed by atoms with E-state index in [-0.39, 0.29) is 17.1 Å². The van der Waals surface area contributed by atoms with Gasteiger partial charge in [0.05, 0.1) is 0 Å². The van der Waals surface area contributed by atoms with Crippen molar-refractivity contribution in [1.82, 2.24) is 5.32 Å². The summed E-state index contributed by atoms with van der Waals surface area (Å²) in [6.07, 6.45) is 1.66. The SMILES string of the molecule is C/C(=C1/CCCNC1=O)c1cc(F)cc(-c2ccc(C(C)(C)C)cc2)c1C. The maximum absolute atomic E-state index is 14.5. The van der Waals surface area contributed by atoms with Crippen LogP contribution in [0.3, 0.4) is 0 Å². The molecule has 27 heavy (non-hydrogen) atoms. The van der Waals surface area contributed by atoms with Crippen molar-refractivity contribution in [2.45, 2.75) is 52.9 Å². The quantitative estimate of drug-likeness (QED) is 0.671. The highest BCUT2D eigenvalue weighted by atomic mass is 19.1. The highest BCUT2D eigenvalue weighted by Gasteiger charge is 2.20. The van der Waals surface area contributed by atoms with Gasteiger partial charge in [-0.3, -0.25) is 4.79 Å². The van der Waals surface area contributed by atoms with Gasteiger partial charge in [-0.1, -0.05) is 45.0 Å². The molecule has 0 atom stereocenters. The van der Waals surface area contributed by atoms with Crippen LogP contribution in [0, 0.1) is 12.7 Å². The fourth-order valence-electron chi connectivity index (χ4n) is 3.73. The van der Waals surface area contributed by atoms with E-state index >= 15 is 0 Å². The van der Waals surface area contributed by atoms with Crippen molar-refractivity contribution >= 4 is 11.5 Å². The molecule has 1 aliphatic rings. The Balaban J connectivity index is 2.09. The fraction of sp³-hybridized carbons (Fsp3) is 0.375. The van der Waals surface area contributed by atoms with Gasteiger partial charge in [0.25, 0.3) is 0 Å². The number of halogens is 1. The maximum Gasteiger partial charge on any atom is 0.247 e. The van der Waals surface area contributed by atoms with Crippen LogP contribution in [-0.4, -0.2) is 12.5 Å². The van der Waals surface area contributed by atoms with Crippen LogP contribution in [0.4, 0.5) is 4.39 Å². The fourth-order valence-corrected chi connectivity index (χ4v) is 3.73. The van der Waals surface area contributed by atoms with Gasteiger partial charge < -0.3 is 5.32 Å². The molecule has 1 heterocycles. The third-order valence-electron chi connectivity index (χ3n) is 5.45. The molecule has 1 amide bonds. The molecule has 1 N–H and O–H groups in total. The van der Waals surface area contributed by atoms with Crippen LogP contribution in [0.15, 0.2) is 42.0 Å². The topological polar surface area (TPSA) is 29.1 Å². The zero-order valence-electron chi connectivity index (χ0n) is 16.9. The molecule has 0 saturated carbocycles. The zero-order chi connectivity index (χ0) is 19.8. The van der Waals surface area contributed by atoms with E-state index in [0.29, 0.717) is 6.54 Å². The molecule has 1 aliphatic heterocycles. The van der Waals surface area contributed by atoms with E-state index < -0.39 is 0 Å². The third-order valence-corrected chi connectivity index (χ3v) is 5.45. The lowest BCUT2D eigenvalue weighted by Gasteiger charge is -2.21. The molecule has 0 aliphatic carbocycles. The Labute approximate surface area is 161 Å². The molecule has 2 aromatic rings. The molecule has 1 saturated heterocycles. The lowest BCUT2D eigenvalue weighted by molar-refractivity contribution is -0.118. The van der Waals surface area contributed by atoms with Crippen LogP contribution in [-0.2, 0) is 10.2 Å². The first-order valence-electron chi connectivity index (χ1n) is 9.58. The molecule has 3 rings (SSSR count). The summed E-state index contributed by atoms with van der Waals surface area (Å²) in [5.74, 6) is -0.305. The van der Waals surface area contributed by atoms with E-state index in [1.54, 1.807) is 12.1 Å². The number of piperidine rings is 1. The minimum Gasteiger partial charge on any atom is -0.352 e. The summed E-state index contributed by atoms with van der Waals surface area (Å²) in [5, 5.41) is 2.89. The highest BCUT2D eigenvalue weighted by molar-refractivity contribution is 6.02. The standard InChI is InChI=1S/C24H28FNO/c1-15(20-7-6-12-26-23(20)27)21-13-19(25)14-22(16(21)2)17-8-10-18(11-9-17)24(3,4)5/h8-11,13-14H,6-7,12H2,1-5H3,(H,26,27)/b20-15+. The number of carbonyl (C=O) groups excluding carboxylic acids is 1. The van der Waals surface area contributed by atoms with Crippen LogP contribution in [0.2, 0.25) is 0 Å². The van der Waals surface area contributed by atoms with Crippen molar-refractivity contribution < 1.29 is 9.18 Å². The Morgan fingerprint density at radius 2 is 1.78 bits per heavy atom. The van der Waals surface area contributed by atoms with Gasteiger partial charge in [0.1, 0.15) is 5.82 Å². The van der Waals surface area contributed by atoms with Gasteiger partial charge in [0, 0.05) is 12.1 Å². The Morgan fingerprint density at radius 3 is 2.37 bits per heavy atom. The van der Waals surface area contributed by atoms with E-state index in [4.69, 9.17) is 0 Å². The second-order valence-electron chi connectivity index (χ2n) is 8.42. The van der Waals surface area contributed by atoms with Gasteiger partial charge in [-0.05, 0) is 77.6 Å². The van der Waals surface area contributed by atoms with Crippen LogP contribution >= 0.6 is 0 Å². The number of nitrogens with one attached hydrogen (secondary N) is 1. The van der Waals surface area contributed by atoms with Crippen LogP contribution < -0.4 is 5.32 Å². The average molecular weight is 365 g/mol. The average Bonchev–Trinajstić information content (AvgIpc) is 2.62. The first-order valence-corrected chi connectivity index (χ1v) is 9.58. The summed E-state index contributed by atoms with van der Waals surface area (Å²) in [4.78, 5) is 12.2. The summed E-state index contributed by atoms with van der Waals surface area (Å²) in [6, 6.07) is 11.5. The second-order valence-corrected chi connectivity index (χ2v) is 8.42. The summed E-state index contributed by atoms with van der Waals surface area (Å²) in [5.41, 5.74) is 6.66. The Bertz CT molecular complexity index is 901. The van der Waals surface area contributed by atoms with Crippen molar-refractivity contribution in [2.24, 2.45) is 0 Å². The lowest BCUT2D eigenvalue weighted by atomic mass is 9.85. The van der Waals surface area contributed by atoms with Gasteiger partial charge in [0.15, 0.2) is 0 Å². The summed E-state index contributed by atoms with van der Waals surface area (Å²) < 4.78 is 14.5. The molecule has 2 aromatic carbocycles. The predicted molar refractivity (Wildman–Crippen MR) is 110 cm³/mol. The smallest absolute Gasteiger partial charge is 0.247 e. The van der Waals surface area contributed by atoms with Crippen molar-refractivity contribution in [3.05, 3.63) is 64.5 Å². The first kappa shape index (κ1) is 19.3. The Kier molecular flexibility index (Phi) is 5.23. The van der Waals surface area contributed by atoms with Crippen LogP contribution in [0.1, 0.15) is 57.2 Å². The van der Waals surface area contributed by atoms with Gasteiger partial charge in [-0.25, -0.2) is 4.39 Å². The summed E-state index contributed by atoms with van der Waals surface area (Å²) in [6.45, 7) is 11.2. The summed E-state index contributed by atoms with van der Waals surface area (Å²) >= 11 is 0. The summed E-state index contributed by atoms with van der Waals surface area (Å²) in [7, 11) is 0. The Hall–Kier alpha value is -2.42. The van der Waals surface area contributed by atoms with E-state index in [2.05, 4.69) is 50.4 Å². The van der Waals surface area contributed by atoms with E-state index in [0.717, 1.165) is 46.2 Å². The second kappa shape index (κ2) is 7.30. The van der Waals surface area contributed by atoms with Gasteiger partial charge in [-0.15, -0.1) is 0 Å². The van der Waals surface area contributed by atoms with Crippen molar-refractivity contribution in [3.63, 3.8) is 0 Å². The molecule has 0 unspecified atom stereocenters. The number of amides is 1. The monoisotopic (exact) mass is 365 g/mol. The molecule has 1 fully saturated rings.